The summed E-state index contributed by atoms with van der Waals surface area (Å²) in [5.74, 6) is -0.633. The van der Waals surface area contributed by atoms with Gasteiger partial charge in [0, 0.05) is 30.7 Å². The molecule has 144 valence electrons. The molecular formula is C19H27ClFN3O2. The van der Waals surface area contributed by atoms with Crippen LogP contribution in [0.15, 0.2) is 24.3 Å². The van der Waals surface area contributed by atoms with E-state index in [0.717, 1.165) is 38.5 Å². The van der Waals surface area contributed by atoms with Crippen LogP contribution >= 0.6 is 12.4 Å². The fourth-order valence-corrected chi connectivity index (χ4v) is 3.73. The lowest BCUT2D eigenvalue weighted by molar-refractivity contribution is -0.127. The second kappa shape index (κ2) is 9.33. The minimum atomic E-state index is -0.361. The third kappa shape index (κ3) is 5.17. The van der Waals surface area contributed by atoms with Gasteiger partial charge in [-0.2, -0.15) is 0 Å². The van der Waals surface area contributed by atoms with E-state index < -0.39 is 0 Å². The molecule has 5 nitrogen and oxygen atoms in total. The SMILES string of the molecule is Cl.NC1CCC(NC(=O)C2CCCN(C(=O)c3ccc(F)cc3)C2)CC1. The zero-order valence-corrected chi connectivity index (χ0v) is 15.6. The third-order valence-corrected chi connectivity index (χ3v) is 5.29. The van der Waals surface area contributed by atoms with Crippen molar-refractivity contribution in [2.24, 2.45) is 11.7 Å². The number of nitrogens with zero attached hydrogens (tertiary/aromatic N) is 1. The molecule has 2 aliphatic rings. The lowest BCUT2D eigenvalue weighted by atomic mass is 9.90. The highest BCUT2D eigenvalue weighted by Gasteiger charge is 2.30. The van der Waals surface area contributed by atoms with Crippen LogP contribution in [0.1, 0.15) is 48.9 Å². The fourth-order valence-electron chi connectivity index (χ4n) is 3.73. The number of piperidine rings is 1. The summed E-state index contributed by atoms with van der Waals surface area (Å²) in [6.07, 6.45) is 5.36. The van der Waals surface area contributed by atoms with Gasteiger partial charge in [-0.3, -0.25) is 9.59 Å². The molecule has 0 aromatic heterocycles. The third-order valence-electron chi connectivity index (χ3n) is 5.29. The number of hydrogen-bond donors (Lipinski definition) is 2. The first-order valence-electron chi connectivity index (χ1n) is 9.13. The number of nitrogens with two attached hydrogens (primary N) is 1. The molecule has 3 rings (SSSR count). The molecule has 1 atom stereocenters. The van der Waals surface area contributed by atoms with Gasteiger partial charge in [0.25, 0.3) is 5.91 Å². The minimum Gasteiger partial charge on any atom is -0.353 e. The van der Waals surface area contributed by atoms with E-state index in [4.69, 9.17) is 5.73 Å². The summed E-state index contributed by atoms with van der Waals surface area (Å²) in [7, 11) is 0. The van der Waals surface area contributed by atoms with Gasteiger partial charge < -0.3 is 16.0 Å². The van der Waals surface area contributed by atoms with E-state index in [0.29, 0.717) is 18.7 Å². The Morgan fingerprint density at radius 1 is 1.08 bits per heavy atom. The molecule has 1 saturated heterocycles. The van der Waals surface area contributed by atoms with Crippen molar-refractivity contribution in [2.75, 3.05) is 13.1 Å². The number of benzene rings is 1. The Labute approximate surface area is 159 Å². The van der Waals surface area contributed by atoms with E-state index in [1.807, 2.05) is 0 Å². The number of carbonyl (C=O) groups is 2. The molecule has 1 aliphatic heterocycles. The Balaban J connectivity index is 0.00000243. The van der Waals surface area contributed by atoms with Crippen LogP contribution in [0.4, 0.5) is 4.39 Å². The van der Waals surface area contributed by atoms with Crippen molar-refractivity contribution in [3.63, 3.8) is 0 Å². The van der Waals surface area contributed by atoms with Crippen LogP contribution in [-0.4, -0.2) is 41.9 Å². The van der Waals surface area contributed by atoms with E-state index in [1.54, 1.807) is 4.90 Å². The molecule has 1 saturated carbocycles. The Morgan fingerprint density at radius 3 is 2.38 bits per heavy atom. The van der Waals surface area contributed by atoms with Crippen LogP contribution in [0.25, 0.3) is 0 Å². The number of carbonyl (C=O) groups excluding carboxylic acids is 2. The van der Waals surface area contributed by atoms with Crippen molar-refractivity contribution in [2.45, 2.75) is 50.6 Å². The van der Waals surface area contributed by atoms with Crippen molar-refractivity contribution >= 4 is 24.2 Å². The molecule has 26 heavy (non-hydrogen) atoms. The van der Waals surface area contributed by atoms with Gasteiger partial charge in [-0.25, -0.2) is 4.39 Å². The van der Waals surface area contributed by atoms with E-state index in [-0.39, 0.29) is 48.0 Å². The Kier molecular flexibility index (Phi) is 7.41. The van der Waals surface area contributed by atoms with Crippen LogP contribution in [0.2, 0.25) is 0 Å². The van der Waals surface area contributed by atoms with Crippen LogP contribution in [0.3, 0.4) is 0 Å². The number of likely N-dealkylation sites (tertiary alicyclic amines) is 1. The van der Waals surface area contributed by atoms with Gasteiger partial charge in [0.15, 0.2) is 0 Å². The number of rotatable bonds is 3. The van der Waals surface area contributed by atoms with Gasteiger partial charge in [0.05, 0.1) is 5.92 Å². The molecule has 1 heterocycles. The normalized spacial score (nSPS) is 25.9. The van der Waals surface area contributed by atoms with E-state index in [1.165, 1.54) is 24.3 Å². The zero-order chi connectivity index (χ0) is 17.8. The number of hydrogen-bond acceptors (Lipinski definition) is 3. The maximum Gasteiger partial charge on any atom is 0.253 e. The number of halogens is 2. The van der Waals surface area contributed by atoms with Gasteiger partial charge in [0.1, 0.15) is 5.82 Å². The molecule has 7 heteroatoms. The highest BCUT2D eigenvalue weighted by molar-refractivity contribution is 5.94. The monoisotopic (exact) mass is 383 g/mol. The van der Waals surface area contributed by atoms with Crippen molar-refractivity contribution in [3.05, 3.63) is 35.6 Å². The predicted molar refractivity (Wildman–Crippen MR) is 101 cm³/mol. The summed E-state index contributed by atoms with van der Waals surface area (Å²) >= 11 is 0. The van der Waals surface area contributed by atoms with Crippen molar-refractivity contribution < 1.29 is 14.0 Å². The Bertz CT molecular complexity index is 618. The van der Waals surface area contributed by atoms with Crippen LogP contribution < -0.4 is 11.1 Å². The molecule has 0 radical (unpaired) electrons. The summed E-state index contributed by atoms with van der Waals surface area (Å²) < 4.78 is 13.0. The first kappa shape index (κ1) is 20.6. The topological polar surface area (TPSA) is 75.4 Å². The molecule has 1 aromatic rings. The summed E-state index contributed by atoms with van der Waals surface area (Å²) in [6, 6.07) is 6.02. The van der Waals surface area contributed by atoms with E-state index >= 15 is 0 Å². The molecule has 2 fully saturated rings. The lowest BCUT2D eigenvalue weighted by Crippen LogP contribution is -2.48. The number of nitrogens with one attached hydrogen (secondary N) is 1. The van der Waals surface area contributed by atoms with Gasteiger partial charge >= 0.3 is 0 Å². The second-order valence-electron chi connectivity index (χ2n) is 7.22. The van der Waals surface area contributed by atoms with Crippen LogP contribution in [0, 0.1) is 11.7 Å². The molecule has 0 bridgehead atoms. The van der Waals surface area contributed by atoms with Gasteiger partial charge in [-0.05, 0) is 62.8 Å². The summed E-state index contributed by atoms with van der Waals surface area (Å²) in [6.45, 7) is 1.06. The Morgan fingerprint density at radius 2 is 1.73 bits per heavy atom. The average molecular weight is 384 g/mol. The first-order chi connectivity index (χ1) is 12.0. The summed E-state index contributed by atoms with van der Waals surface area (Å²) in [4.78, 5) is 26.8. The van der Waals surface area contributed by atoms with Gasteiger partial charge in [-0.15, -0.1) is 12.4 Å². The summed E-state index contributed by atoms with van der Waals surface area (Å²) in [5, 5.41) is 3.13. The molecule has 2 amide bonds. The van der Waals surface area contributed by atoms with Crippen molar-refractivity contribution in [1.29, 1.82) is 0 Å². The Hall–Kier alpha value is -1.66. The maximum absolute atomic E-state index is 13.0. The maximum atomic E-state index is 13.0. The number of amides is 2. The lowest BCUT2D eigenvalue weighted by Gasteiger charge is -2.34. The molecule has 1 unspecified atom stereocenters. The van der Waals surface area contributed by atoms with Gasteiger partial charge in [-0.1, -0.05) is 0 Å². The van der Waals surface area contributed by atoms with Crippen molar-refractivity contribution in [3.8, 4) is 0 Å². The summed E-state index contributed by atoms with van der Waals surface area (Å²) in [5.41, 5.74) is 6.37. The zero-order valence-electron chi connectivity index (χ0n) is 14.8. The smallest absolute Gasteiger partial charge is 0.253 e. The quantitative estimate of drug-likeness (QED) is 0.842. The fraction of sp³-hybridized carbons (Fsp3) is 0.579. The first-order valence-corrected chi connectivity index (χ1v) is 9.13. The van der Waals surface area contributed by atoms with Crippen molar-refractivity contribution in [1.82, 2.24) is 10.2 Å². The van der Waals surface area contributed by atoms with E-state index in [9.17, 15) is 14.0 Å². The molecular weight excluding hydrogens is 357 g/mol. The van der Waals surface area contributed by atoms with Crippen LogP contribution in [0.5, 0.6) is 0 Å². The van der Waals surface area contributed by atoms with Gasteiger partial charge in [0.2, 0.25) is 5.91 Å². The second-order valence-corrected chi connectivity index (χ2v) is 7.22. The highest BCUT2D eigenvalue weighted by Crippen LogP contribution is 2.21. The standard InChI is InChI=1S/C19H26FN3O2.ClH/c20-15-5-3-13(4-6-15)19(25)23-11-1-2-14(12-23)18(24)22-17-9-7-16(21)8-10-17;/h3-6,14,16-17H,1-2,7-12,21H2,(H,22,24);1H. The molecule has 1 aliphatic carbocycles. The minimum absolute atomic E-state index is 0. The average Bonchev–Trinajstić information content (AvgIpc) is 2.64. The van der Waals surface area contributed by atoms with E-state index in [2.05, 4.69) is 5.32 Å². The molecule has 0 spiro atoms. The largest absolute Gasteiger partial charge is 0.353 e. The van der Waals surface area contributed by atoms with Crippen LogP contribution in [-0.2, 0) is 4.79 Å². The molecule has 1 aromatic carbocycles. The predicted octanol–water partition coefficient (Wildman–Crippen LogP) is 2.49. The molecule has 3 N–H and O–H groups in total. The highest BCUT2D eigenvalue weighted by atomic mass is 35.5.